The minimum Gasteiger partial charge on any atom is -0.496 e. The summed E-state index contributed by atoms with van der Waals surface area (Å²) in [6, 6.07) is 13.2. The highest BCUT2D eigenvalue weighted by Crippen LogP contribution is 2.32. The molecule has 11 nitrogen and oxygen atoms in total. The number of aromatic nitrogens is 2. The summed E-state index contributed by atoms with van der Waals surface area (Å²) in [6.45, 7) is 2.84. The highest BCUT2D eigenvalue weighted by molar-refractivity contribution is 6.31. The quantitative estimate of drug-likeness (QED) is 0.246. The lowest BCUT2D eigenvalue weighted by Crippen LogP contribution is -2.61. The smallest absolute Gasteiger partial charge is 0.316 e. The first-order valence-electron chi connectivity index (χ1n) is 14.9. The van der Waals surface area contributed by atoms with Crippen LogP contribution in [0.5, 0.6) is 11.8 Å². The molecule has 44 heavy (non-hydrogen) atoms. The zero-order chi connectivity index (χ0) is 30.9. The van der Waals surface area contributed by atoms with Crippen LogP contribution in [0.15, 0.2) is 54.9 Å². The predicted molar refractivity (Wildman–Crippen MR) is 167 cm³/mol. The number of piperazine rings is 1. The molecule has 234 valence electrons. The summed E-state index contributed by atoms with van der Waals surface area (Å²) in [5, 5.41) is 6.86. The van der Waals surface area contributed by atoms with Gasteiger partial charge < -0.3 is 29.7 Å². The first-order valence-corrected chi connectivity index (χ1v) is 15.3. The third-order valence-corrected chi connectivity index (χ3v) is 7.96. The topological polar surface area (TPSA) is 118 Å². The molecule has 2 amide bonds. The number of halogens is 1. The van der Waals surface area contributed by atoms with Crippen LogP contribution in [-0.4, -0.2) is 79.2 Å². The Hall–Kier alpha value is -3.77. The average molecular weight is 623 g/mol. The van der Waals surface area contributed by atoms with Crippen LogP contribution < -0.4 is 25.0 Å². The Morgan fingerprint density at radius 1 is 1.14 bits per heavy atom. The van der Waals surface area contributed by atoms with E-state index in [0.717, 1.165) is 35.3 Å². The highest BCUT2D eigenvalue weighted by atomic mass is 35.5. The molecular formula is C32H39ClN6O5. The van der Waals surface area contributed by atoms with Gasteiger partial charge in [0.2, 0.25) is 11.8 Å². The summed E-state index contributed by atoms with van der Waals surface area (Å²) in [7, 11) is 3.53. The van der Waals surface area contributed by atoms with Crippen molar-refractivity contribution in [2.24, 2.45) is 0 Å². The number of benzene rings is 2. The lowest BCUT2D eigenvalue weighted by atomic mass is 10.1. The van der Waals surface area contributed by atoms with Gasteiger partial charge in [-0.1, -0.05) is 41.9 Å². The summed E-state index contributed by atoms with van der Waals surface area (Å²) in [5.41, 5.74) is 3.41. The molecule has 2 N–H and O–H groups in total. The molecule has 1 atom stereocenters. The van der Waals surface area contributed by atoms with E-state index in [1.807, 2.05) is 54.4 Å². The molecule has 3 aromatic rings. The molecule has 2 aliphatic rings. The Balaban J connectivity index is 1.18. The lowest BCUT2D eigenvalue weighted by molar-refractivity contribution is -0.136. The van der Waals surface area contributed by atoms with E-state index in [2.05, 4.69) is 20.6 Å². The number of amides is 2. The molecule has 0 bridgehead atoms. The number of carbonyl (C=O) groups excluding carboxylic acids is 2. The van der Waals surface area contributed by atoms with Crippen molar-refractivity contribution < 1.29 is 23.8 Å². The number of hydrogen-bond donors (Lipinski definition) is 2. The van der Waals surface area contributed by atoms with Gasteiger partial charge >= 0.3 is 6.01 Å². The van der Waals surface area contributed by atoms with E-state index < -0.39 is 6.04 Å². The highest BCUT2D eigenvalue weighted by Gasteiger charge is 2.41. The van der Waals surface area contributed by atoms with E-state index in [-0.39, 0.29) is 30.4 Å². The van der Waals surface area contributed by atoms with Crippen molar-refractivity contribution in [3.8, 4) is 11.8 Å². The van der Waals surface area contributed by atoms with Gasteiger partial charge in [0.15, 0.2) is 0 Å². The van der Waals surface area contributed by atoms with E-state index in [0.29, 0.717) is 56.6 Å². The van der Waals surface area contributed by atoms with Gasteiger partial charge in [0.05, 0.1) is 51.6 Å². The fourth-order valence-corrected chi connectivity index (χ4v) is 5.41. The fourth-order valence-electron chi connectivity index (χ4n) is 5.24. The van der Waals surface area contributed by atoms with Crippen molar-refractivity contribution in [3.05, 3.63) is 76.6 Å². The van der Waals surface area contributed by atoms with Gasteiger partial charge in [-0.25, -0.2) is 9.97 Å². The summed E-state index contributed by atoms with van der Waals surface area (Å²) in [5.74, 6) is 0.448. The van der Waals surface area contributed by atoms with Crippen molar-refractivity contribution >= 4 is 29.1 Å². The Bertz CT molecular complexity index is 1420. The molecule has 2 fully saturated rings. The number of methoxy groups -OCH3 is 1. The van der Waals surface area contributed by atoms with Gasteiger partial charge in [0, 0.05) is 42.7 Å². The zero-order valence-electron chi connectivity index (χ0n) is 25.1. The zero-order valence-corrected chi connectivity index (χ0v) is 25.9. The van der Waals surface area contributed by atoms with E-state index in [4.69, 9.17) is 25.8 Å². The number of anilines is 1. The van der Waals surface area contributed by atoms with Crippen LogP contribution in [0.4, 0.5) is 5.69 Å². The van der Waals surface area contributed by atoms with Crippen molar-refractivity contribution in [2.45, 2.75) is 51.0 Å². The van der Waals surface area contributed by atoms with Gasteiger partial charge in [0.25, 0.3) is 0 Å². The van der Waals surface area contributed by atoms with Gasteiger partial charge in [0.1, 0.15) is 11.8 Å². The lowest BCUT2D eigenvalue weighted by Gasteiger charge is -2.38. The second-order valence-electron chi connectivity index (χ2n) is 10.9. The molecule has 1 aliphatic carbocycles. The molecule has 5 rings (SSSR count). The largest absolute Gasteiger partial charge is 0.496 e. The Morgan fingerprint density at radius 2 is 1.93 bits per heavy atom. The maximum absolute atomic E-state index is 14.0. The van der Waals surface area contributed by atoms with Crippen molar-refractivity contribution in [2.75, 3.05) is 45.4 Å². The second-order valence-corrected chi connectivity index (χ2v) is 11.3. The van der Waals surface area contributed by atoms with Crippen molar-refractivity contribution in [3.63, 3.8) is 0 Å². The first-order chi connectivity index (χ1) is 21.5. The molecule has 2 heterocycles. The van der Waals surface area contributed by atoms with Crippen LogP contribution in [0.2, 0.25) is 5.02 Å². The molecule has 12 heteroatoms. The van der Waals surface area contributed by atoms with E-state index in [1.165, 1.54) is 17.3 Å². The van der Waals surface area contributed by atoms with Crippen LogP contribution in [0.25, 0.3) is 0 Å². The van der Waals surface area contributed by atoms with Crippen LogP contribution >= 0.6 is 11.6 Å². The minimum atomic E-state index is -0.730. The average Bonchev–Trinajstić information content (AvgIpc) is 3.89. The number of rotatable bonds is 15. The number of para-hydroxylation sites is 1. The number of hydrogen-bond acceptors (Lipinski definition) is 9. The molecule has 1 saturated carbocycles. The second kappa shape index (κ2) is 15.3. The van der Waals surface area contributed by atoms with Gasteiger partial charge in [-0.15, -0.1) is 0 Å². The molecule has 1 aromatic heterocycles. The first kappa shape index (κ1) is 31.6. The third-order valence-electron chi connectivity index (χ3n) is 7.59. The van der Waals surface area contributed by atoms with E-state index in [9.17, 15) is 9.59 Å². The van der Waals surface area contributed by atoms with Gasteiger partial charge in [-0.2, -0.15) is 0 Å². The van der Waals surface area contributed by atoms with E-state index >= 15 is 0 Å². The molecule has 1 aliphatic heterocycles. The molecular weight excluding hydrogens is 584 g/mol. The van der Waals surface area contributed by atoms with Crippen LogP contribution in [0.3, 0.4) is 0 Å². The van der Waals surface area contributed by atoms with Crippen molar-refractivity contribution in [1.29, 1.82) is 0 Å². The molecule has 1 saturated heterocycles. The fraction of sp³-hybridized carbons (Fsp3) is 0.438. The minimum absolute atomic E-state index is 0.121. The number of nitrogens with zero attached hydrogens (tertiary/aromatic N) is 4. The molecule has 2 aromatic carbocycles. The monoisotopic (exact) mass is 622 g/mol. The summed E-state index contributed by atoms with van der Waals surface area (Å²) in [4.78, 5) is 39.1. The van der Waals surface area contributed by atoms with Crippen molar-refractivity contribution in [1.82, 2.24) is 25.5 Å². The maximum Gasteiger partial charge on any atom is 0.316 e. The molecule has 0 spiro atoms. The standard InChI is InChI=1S/C32H39ClN6O5/c1-34-15-22-8-11-27(33)24(14-22)20-38(25-9-10-25)31(41)28-18-35-19-30(40)39(28)26-16-36-32(37-17-26)44-13-5-12-43-21-23-6-3-4-7-29(23)42-2/h3-4,6-8,11,14,16-17,25,28,34-35H,5,9-10,12-13,15,18-21H2,1-2H3/t28-/m0/s1. The summed E-state index contributed by atoms with van der Waals surface area (Å²) in [6.07, 6.45) is 5.56. The number of nitrogens with one attached hydrogen (secondary N) is 2. The summed E-state index contributed by atoms with van der Waals surface area (Å²) >= 11 is 6.54. The maximum atomic E-state index is 14.0. The molecule has 0 radical (unpaired) electrons. The Labute approximate surface area is 262 Å². The number of ether oxygens (including phenoxy) is 3. The Morgan fingerprint density at radius 3 is 2.68 bits per heavy atom. The molecule has 0 unspecified atom stereocenters. The number of carbonyl (C=O) groups is 2. The third kappa shape index (κ3) is 8.03. The van der Waals surface area contributed by atoms with Crippen LogP contribution in [0, 0.1) is 0 Å². The predicted octanol–water partition coefficient (Wildman–Crippen LogP) is 3.34. The summed E-state index contributed by atoms with van der Waals surface area (Å²) < 4.78 is 16.8. The van der Waals surface area contributed by atoms with E-state index in [1.54, 1.807) is 7.11 Å². The van der Waals surface area contributed by atoms with Gasteiger partial charge in [-0.3, -0.25) is 14.5 Å². The van der Waals surface area contributed by atoms with Crippen LogP contribution in [-0.2, 0) is 34.0 Å². The SMILES string of the molecule is CNCc1ccc(Cl)c(CN(C(=O)[C@@H]2CNCC(=O)N2c2cnc(OCCCOCc3ccccc3OC)nc2)C2CC2)c1. The van der Waals surface area contributed by atoms with Gasteiger partial charge in [-0.05, 0) is 43.1 Å². The van der Waals surface area contributed by atoms with Crippen LogP contribution in [0.1, 0.15) is 36.0 Å². The normalized spacial score (nSPS) is 16.6. The Kier molecular flexibility index (Phi) is 11.0.